The average Bonchev–Trinajstić information content (AvgIpc) is 3.25. The Morgan fingerprint density at radius 1 is 1.21 bits per heavy atom. The Morgan fingerprint density at radius 3 is 2.82 bits per heavy atom. The SMILES string of the molecule is CC(OC(=O)c1sc2cc(F)ccc2c1Cl)C(=O)Nc1ccc2c(c1)OCO2. The molecule has 1 aromatic heterocycles. The molecular formula is C19H13ClFNO5S. The van der Waals surface area contributed by atoms with Crippen LogP contribution >= 0.6 is 22.9 Å². The molecule has 0 radical (unpaired) electrons. The van der Waals surface area contributed by atoms with Crippen LogP contribution in [0.4, 0.5) is 10.1 Å². The lowest BCUT2D eigenvalue weighted by Crippen LogP contribution is -2.29. The summed E-state index contributed by atoms with van der Waals surface area (Å²) in [6.07, 6.45) is -1.07. The van der Waals surface area contributed by atoms with Gasteiger partial charge in [0.2, 0.25) is 6.79 Å². The molecule has 0 saturated carbocycles. The Balaban J connectivity index is 1.45. The summed E-state index contributed by atoms with van der Waals surface area (Å²) in [5.41, 5.74) is 0.479. The molecule has 1 atom stereocenters. The van der Waals surface area contributed by atoms with Crippen LogP contribution in [0.15, 0.2) is 36.4 Å². The van der Waals surface area contributed by atoms with Crippen LogP contribution in [0.2, 0.25) is 5.02 Å². The lowest BCUT2D eigenvalue weighted by Gasteiger charge is -2.13. The largest absolute Gasteiger partial charge is 0.454 e. The second-order valence-electron chi connectivity index (χ2n) is 5.99. The predicted octanol–water partition coefficient (Wildman–Crippen LogP) is 4.61. The van der Waals surface area contributed by atoms with E-state index in [1.54, 1.807) is 18.2 Å². The highest BCUT2D eigenvalue weighted by Crippen LogP contribution is 2.36. The molecular weight excluding hydrogens is 409 g/mol. The van der Waals surface area contributed by atoms with Gasteiger partial charge in [-0.1, -0.05) is 11.6 Å². The second kappa shape index (κ2) is 7.29. The molecule has 144 valence electrons. The molecule has 0 aliphatic carbocycles. The number of hydrogen-bond donors (Lipinski definition) is 1. The zero-order chi connectivity index (χ0) is 19.8. The maximum atomic E-state index is 13.4. The second-order valence-corrected chi connectivity index (χ2v) is 7.42. The smallest absolute Gasteiger partial charge is 0.350 e. The number of fused-ring (bicyclic) bond motifs is 2. The number of carbonyl (C=O) groups is 2. The number of hydrogen-bond acceptors (Lipinski definition) is 6. The number of thiophene rings is 1. The van der Waals surface area contributed by atoms with Crippen molar-refractivity contribution in [2.75, 3.05) is 12.1 Å². The standard InChI is InChI=1S/C19H13ClFNO5S/c1-9(18(23)22-11-3-5-13-14(7-11)26-8-25-13)27-19(24)17-16(20)12-4-2-10(21)6-15(12)28-17/h2-7,9H,8H2,1H3,(H,22,23). The number of halogens is 2. The van der Waals surface area contributed by atoms with E-state index in [2.05, 4.69) is 5.32 Å². The molecule has 0 saturated heterocycles. The number of ether oxygens (including phenoxy) is 3. The van der Waals surface area contributed by atoms with Crippen molar-refractivity contribution in [1.29, 1.82) is 0 Å². The van der Waals surface area contributed by atoms with Crippen molar-refractivity contribution < 1.29 is 28.2 Å². The lowest BCUT2D eigenvalue weighted by molar-refractivity contribution is -0.123. The van der Waals surface area contributed by atoms with Gasteiger partial charge < -0.3 is 19.5 Å². The van der Waals surface area contributed by atoms with Crippen LogP contribution in [0.5, 0.6) is 11.5 Å². The highest BCUT2D eigenvalue weighted by atomic mass is 35.5. The molecule has 2 heterocycles. The van der Waals surface area contributed by atoms with Crippen molar-refractivity contribution in [3.05, 3.63) is 52.1 Å². The first-order chi connectivity index (χ1) is 13.4. The van der Waals surface area contributed by atoms with E-state index in [0.29, 0.717) is 27.3 Å². The maximum absolute atomic E-state index is 13.4. The third-order valence-corrected chi connectivity index (χ3v) is 5.71. The monoisotopic (exact) mass is 421 g/mol. The summed E-state index contributed by atoms with van der Waals surface area (Å²) in [5, 5.41) is 3.37. The first kappa shape index (κ1) is 18.5. The van der Waals surface area contributed by atoms with Crippen LogP contribution in [0, 0.1) is 5.82 Å². The fraction of sp³-hybridized carbons (Fsp3) is 0.158. The van der Waals surface area contributed by atoms with Crippen LogP contribution < -0.4 is 14.8 Å². The summed E-state index contributed by atoms with van der Waals surface area (Å²) >= 11 is 7.22. The lowest BCUT2D eigenvalue weighted by atomic mass is 10.2. The van der Waals surface area contributed by atoms with Crippen molar-refractivity contribution in [3.63, 3.8) is 0 Å². The van der Waals surface area contributed by atoms with Gasteiger partial charge in [-0.2, -0.15) is 0 Å². The minimum Gasteiger partial charge on any atom is -0.454 e. The average molecular weight is 422 g/mol. The Labute approximate surface area is 167 Å². The van der Waals surface area contributed by atoms with Gasteiger partial charge in [0.1, 0.15) is 10.7 Å². The van der Waals surface area contributed by atoms with Crippen molar-refractivity contribution in [2.45, 2.75) is 13.0 Å². The zero-order valence-corrected chi connectivity index (χ0v) is 16.0. The highest BCUT2D eigenvalue weighted by molar-refractivity contribution is 7.21. The molecule has 1 aliphatic rings. The van der Waals surface area contributed by atoms with Gasteiger partial charge in [0.25, 0.3) is 5.91 Å². The van der Waals surface area contributed by atoms with E-state index in [9.17, 15) is 14.0 Å². The van der Waals surface area contributed by atoms with Crippen molar-refractivity contribution in [1.82, 2.24) is 0 Å². The zero-order valence-electron chi connectivity index (χ0n) is 14.5. The highest BCUT2D eigenvalue weighted by Gasteiger charge is 2.24. The summed E-state index contributed by atoms with van der Waals surface area (Å²) < 4.78 is 29.6. The van der Waals surface area contributed by atoms with Crippen molar-refractivity contribution >= 4 is 50.6 Å². The molecule has 3 aromatic rings. The topological polar surface area (TPSA) is 73.9 Å². The van der Waals surface area contributed by atoms with E-state index in [-0.39, 0.29) is 16.7 Å². The van der Waals surface area contributed by atoms with E-state index in [4.69, 9.17) is 25.8 Å². The third-order valence-electron chi connectivity index (χ3n) is 4.07. The number of esters is 1. The fourth-order valence-corrected chi connectivity index (χ4v) is 4.07. The minimum absolute atomic E-state index is 0.116. The molecule has 1 unspecified atom stereocenters. The Hall–Kier alpha value is -2.84. The molecule has 9 heteroatoms. The number of anilines is 1. The number of benzene rings is 2. The van der Waals surface area contributed by atoms with Gasteiger partial charge in [-0.25, -0.2) is 9.18 Å². The molecule has 2 aromatic carbocycles. The fourth-order valence-electron chi connectivity index (χ4n) is 2.66. The van der Waals surface area contributed by atoms with Gasteiger partial charge in [-0.15, -0.1) is 11.3 Å². The van der Waals surface area contributed by atoms with E-state index < -0.39 is 23.8 Å². The van der Waals surface area contributed by atoms with Crippen molar-refractivity contribution in [2.24, 2.45) is 0 Å². The quantitative estimate of drug-likeness (QED) is 0.623. The van der Waals surface area contributed by atoms with Gasteiger partial charge in [0, 0.05) is 21.8 Å². The summed E-state index contributed by atoms with van der Waals surface area (Å²) in [7, 11) is 0. The molecule has 28 heavy (non-hydrogen) atoms. The first-order valence-corrected chi connectivity index (χ1v) is 9.41. The number of carbonyl (C=O) groups excluding carboxylic acids is 2. The third kappa shape index (κ3) is 3.48. The van der Waals surface area contributed by atoms with Crippen LogP contribution in [0.1, 0.15) is 16.6 Å². The Morgan fingerprint density at radius 2 is 2.00 bits per heavy atom. The summed E-state index contributed by atoms with van der Waals surface area (Å²) in [5.74, 6) is -0.586. The minimum atomic E-state index is -1.07. The van der Waals surface area contributed by atoms with Gasteiger partial charge in [0.05, 0.1) is 5.02 Å². The summed E-state index contributed by atoms with van der Waals surface area (Å²) in [6.45, 7) is 1.57. The normalized spacial score (nSPS) is 13.4. The summed E-state index contributed by atoms with van der Waals surface area (Å²) in [4.78, 5) is 24.9. The molecule has 6 nitrogen and oxygen atoms in total. The van der Waals surface area contributed by atoms with Crippen LogP contribution in [0.3, 0.4) is 0 Å². The van der Waals surface area contributed by atoms with E-state index >= 15 is 0 Å². The molecule has 0 bridgehead atoms. The van der Waals surface area contributed by atoms with E-state index in [0.717, 1.165) is 11.3 Å². The molecule has 4 rings (SSSR count). The molecule has 1 aliphatic heterocycles. The first-order valence-electron chi connectivity index (χ1n) is 8.21. The van der Waals surface area contributed by atoms with Crippen molar-refractivity contribution in [3.8, 4) is 11.5 Å². The van der Waals surface area contributed by atoms with Gasteiger partial charge >= 0.3 is 5.97 Å². The molecule has 1 amide bonds. The van der Waals surface area contributed by atoms with Crippen LogP contribution in [0.25, 0.3) is 10.1 Å². The number of amides is 1. The van der Waals surface area contributed by atoms with E-state index in [1.165, 1.54) is 25.1 Å². The Bertz CT molecular complexity index is 1100. The van der Waals surface area contributed by atoms with E-state index in [1.807, 2.05) is 0 Å². The van der Waals surface area contributed by atoms with Gasteiger partial charge in [0.15, 0.2) is 17.6 Å². The number of nitrogens with one attached hydrogen (secondary N) is 1. The maximum Gasteiger partial charge on any atom is 0.350 e. The molecule has 0 spiro atoms. The predicted molar refractivity (Wildman–Crippen MR) is 103 cm³/mol. The van der Waals surface area contributed by atoms with Crippen LogP contribution in [-0.4, -0.2) is 24.8 Å². The molecule has 0 fully saturated rings. The Kier molecular flexibility index (Phi) is 4.82. The number of rotatable bonds is 4. The summed E-state index contributed by atoms with van der Waals surface area (Å²) in [6, 6.07) is 8.99. The van der Waals surface area contributed by atoms with Crippen LogP contribution in [-0.2, 0) is 9.53 Å². The molecule has 1 N–H and O–H groups in total. The van der Waals surface area contributed by atoms with Gasteiger partial charge in [-0.3, -0.25) is 4.79 Å². The van der Waals surface area contributed by atoms with Gasteiger partial charge in [-0.05, 0) is 37.3 Å².